The molecule has 5 nitrogen and oxygen atoms in total. The van der Waals surface area contributed by atoms with Gasteiger partial charge in [-0.3, -0.25) is 14.8 Å². The Balaban J connectivity index is 1.69. The average molecular weight is 357 g/mol. The van der Waals surface area contributed by atoms with E-state index < -0.39 is 0 Å². The van der Waals surface area contributed by atoms with Crippen molar-refractivity contribution in [3.8, 4) is 22.6 Å². The van der Waals surface area contributed by atoms with E-state index in [4.69, 9.17) is 10.5 Å². The lowest BCUT2D eigenvalue weighted by molar-refractivity contribution is 0.1000. The minimum Gasteiger partial charge on any atom is -0.456 e. The van der Waals surface area contributed by atoms with Crippen LogP contribution >= 0.6 is 0 Å². The lowest BCUT2D eigenvalue weighted by atomic mass is 9.93. The molecule has 1 aromatic heterocycles. The first-order valence-corrected chi connectivity index (χ1v) is 8.75. The zero-order valence-electron chi connectivity index (χ0n) is 15.0. The minimum absolute atomic E-state index is 0.0170. The Morgan fingerprint density at radius 1 is 1.00 bits per heavy atom. The van der Waals surface area contributed by atoms with Gasteiger partial charge in [-0.15, -0.1) is 0 Å². The maximum Gasteiger partial charge on any atom is 0.184 e. The highest BCUT2D eigenvalue weighted by molar-refractivity contribution is 6.16. The second-order valence-corrected chi connectivity index (χ2v) is 6.48. The number of fused-ring (bicyclic) bond motifs is 1. The van der Waals surface area contributed by atoms with Gasteiger partial charge < -0.3 is 10.5 Å². The van der Waals surface area contributed by atoms with Crippen LogP contribution in [-0.4, -0.2) is 29.6 Å². The molecule has 27 heavy (non-hydrogen) atoms. The van der Waals surface area contributed by atoms with Gasteiger partial charge in [-0.25, -0.2) is 0 Å². The van der Waals surface area contributed by atoms with E-state index in [9.17, 15) is 4.79 Å². The molecule has 0 saturated heterocycles. The second kappa shape index (κ2) is 7.13. The van der Waals surface area contributed by atoms with Crippen molar-refractivity contribution < 1.29 is 9.53 Å². The number of ketones is 1. The van der Waals surface area contributed by atoms with Gasteiger partial charge in [0.05, 0.1) is 11.9 Å². The standard InChI is InChI=1S/C22H19N3O2/c1-14-3-2-4-17(7-14)27-18-8-16(11-24-12-18)15-5-6-19-20(9-15)21(10-23)25-13-22(19)26/h2-9,11-12H,10,13,23H2,1H3. The second-order valence-electron chi connectivity index (χ2n) is 6.48. The highest BCUT2D eigenvalue weighted by Gasteiger charge is 2.20. The summed E-state index contributed by atoms with van der Waals surface area (Å²) in [5.41, 5.74) is 11.0. The summed E-state index contributed by atoms with van der Waals surface area (Å²) in [6, 6.07) is 15.5. The molecule has 0 fully saturated rings. The molecule has 0 spiro atoms. The molecule has 0 bridgehead atoms. The fraction of sp³-hybridized carbons (Fsp3) is 0.136. The van der Waals surface area contributed by atoms with E-state index >= 15 is 0 Å². The number of carbonyl (C=O) groups excluding carboxylic acids is 1. The maximum atomic E-state index is 12.1. The van der Waals surface area contributed by atoms with Crippen LogP contribution in [-0.2, 0) is 0 Å². The summed E-state index contributed by atoms with van der Waals surface area (Å²) in [7, 11) is 0. The topological polar surface area (TPSA) is 77.6 Å². The minimum atomic E-state index is 0.0170. The zero-order valence-corrected chi connectivity index (χ0v) is 15.0. The number of pyridine rings is 1. The molecule has 4 rings (SSSR count). The van der Waals surface area contributed by atoms with Crippen molar-refractivity contribution in [1.29, 1.82) is 0 Å². The number of rotatable bonds is 4. The van der Waals surface area contributed by atoms with Crippen molar-refractivity contribution in [1.82, 2.24) is 4.98 Å². The molecule has 0 aliphatic carbocycles. The van der Waals surface area contributed by atoms with Crippen LogP contribution < -0.4 is 10.5 Å². The van der Waals surface area contributed by atoms with Crippen molar-refractivity contribution in [3.63, 3.8) is 0 Å². The van der Waals surface area contributed by atoms with Gasteiger partial charge in [0.2, 0.25) is 0 Å². The Bertz CT molecular complexity index is 1060. The van der Waals surface area contributed by atoms with Crippen molar-refractivity contribution in [2.24, 2.45) is 10.7 Å². The molecule has 2 heterocycles. The molecule has 3 aromatic rings. The predicted octanol–water partition coefficient (Wildman–Crippen LogP) is 3.79. The fourth-order valence-electron chi connectivity index (χ4n) is 3.17. The molecular formula is C22H19N3O2. The number of benzene rings is 2. The van der Waals surface area contributed by atoms with E-state index in [2.05, 4.69) is 9.98 Å². The number of hydrogen-bond donors (Lipinski definition) is 1. The van der Waals surface area contributed by atoms with Crippen LogP contribution in [0, 0.1) is 6.92 Å². The Morgan fingerprint density at radius 3 is 2.70 bits per heavy atom. The van der Waals surface area contributed by atoms with Crippen molar-refractivity contribution in [3.05, 3.63) is 77.6 Å². The predicted molar refractivity (Wildman–Crippen MR) is 106 cm³/mol. The van der Waals surface area contributed by atoms with Crippen molar-refractivity contribution >= 4 is 11.5 Å². The maximum absolute atomic E-state index is 12.1. The number of ether oxygens (including phenoxy) is 1. The summed E-state index contributed by atoms with van der Waals surface area (Å²) in [5, 5.41) is 0. The van der Waals surface area contributed by atoms with E-state index in [1.807, 2.05) is 55.5 Å². The summed E-state index contributed by atoms with van der Waals surface area (Å²) in [4.78, 5) is 20.7. The third-order valence-electron chi connectivity index (χ3n) is 4.51. The van der Waals surface area contributed by atoms with Crippen LogP contribution in [0.1, 0.15) is 21.5 Å². The Hall–Kier alpha value is -3.31. The van der Waals surface area contributed by atoms with Gasteiger partial charge in [-0.2, -0.15) is 0 Å². The lowest BCUT2D eigenvalue weighted by Gasteiger charge is -2.16. The third kappa shape index (κ3) is 3.50. The number of hydrogen-bond acceptors (Lipinski definition) is 5. The van der Waals surface area contributed by atoms with E-state index in [0.29, 0.717) is 17.9 Å². The summed E-state index contributed by atoms with van der Waals surface area (Å²) >= 11 is 0. The van der Waals surface area contributed by atoms with Gasteiger partial charge in [0.15, 0.2) is 5.78 Å². The smallest absolute Gasteiger partial charge is 0.184 e. The van der Waals surface area contributed by atoms with Crippen LogP contribution in [0.25, 0.3) is 11.1 Å². The molecule has 5 heteroatoms. The van der Waals surface area contributed by atoms with Crippen molar-refractivity contribution in [2.45, 2.75) is 6.92 Å². The molecule has 0 amide bonds. The van der Waals surface area contributed by atoms with E-state index in [-0.39, 0.29) is 12.3 Å². The quantitative estimate of drug-likeness (QED) is 0.770. The normalized spacial score (nSPS) is 13.1. The fourth-order valence-corrected chi connectivity index (χ4v) is 3.17. The van der Waals surface area contributed by atoms with Crippen LogP contribution in [0.5, 0.6) is 11.5 Å². The van der Waals surface area contributed by atoms with Gasteiger partial charge in [0.1, 0.15) is 18.0 Å². The van der Waals surface area contributed by atoms with Crippen LogP contribution in [0.2, 0.25) is 0 Å². The Kier molecular flexibility index (Phi) is 4.52. The first-order chi connectivity index (χ1) is 13.1. The molecule has 0 radical (unpaired) electrons. The zero-order chi connectivity index (χ0) is 18.8. The summed E-state index contributed by atoms with van der Waals surface area (Å²) in [6.07, 6.45) is 3.45. The van der Waals surface area contributed by atoms with Crippen molar-refractivity contribution in [2.75, 3.05) is 13.1 Å². The molecule has 2 N–H and O–H groups in total. The summed E-state index contributed by atoms with van der Waals surface area (Å²) < 4.78 is 5.93. The summed E-state index contributed by atoms with van der Waals surface area (Å²) in [5.74, 6) is 1.44. The first-order valence-electron chi connectivity index (χ1n) is 8.75. The number of aliphatic imine (C=N–C) groups is 1. The largest absolute Gasteiger partial charge is 0.456 e. The number of nitrogens with zero attached hydrogens (tertiary/aromatic N) is 2. The Labute approximate surface area is 157 Å². The molecular weight excluding hydrogens is 338 g/mol. The number of nitrogens with two attached hydrogens (primary N) is 1. The number of aryl methyl sites for hydroxylation is 1. The molecule has 0 unspecified atom stereocenters. The average Bonchev–Trinajstić information content (AvgIpc) is 2.68. The van der Waals surface area contributed by atoms with Gasteiger partial charge in [0, 0.05) is 29.4 Å². The van der Waals surface area contributed by atoms with E-state index in [1.54, 1.807) is 12.4 Å². The Morgan fingerprint density at radius 2 is 1.89 bits per heavy atom. The van der Waals surface area contributed by atoms with Gasteiger partial charge in [0.25, 0.3) is 0 Å². The SMILES string of the molecule is Cc1cccc(Oc2cncc(-c3ccc4c(c3)C(CN)=NCC4=O)c2)c1. The van der Waals surface area contributed by atoms with Gasteiger partial charge >= 0.3 is 0 Å². The first kappa shape index (κ1) is 17.1. The monoisotopic (exact) mass is 357 g/mol. The van der Waals surface area contributed by atoms with E-state index in [1.165, 1.54) is 0 Å². The molecule has 0 saturated carbocycles. The van der Waals surface area contributed by atoms with Crippen LogP contribution in [0.15, 0.2) is 65.9 Å². The number of carbonyl (C=O) groups is 1. The van der Waals surface area contributed by atoms with Gasteiger partial charge in [-0.05, 0) is 42.3 Å². The molecule has 1 aliphatic rings. The third-order valence-corrected chi connectivity index (χ3v) is 4.51. The van der Waals surface area contributed by atoms with Crippen LogP contribution in [0.4, 0.5) is 0 Å². The lowest BCUT2D eigenvalue weighted by Crippen LogP contribution is -2.24. The summed E-state index contributed by atoms with van der Waals surface area (Å²) in [6.45, 7) is 2.49. The molecule has 134 valence electrons. The van der Waals surface area contributed by atoms with Crippen LogP contribution in [0.3, 0.4) is 0 Å². The molecule has 0 atom stereocenters. The van der Waals surface area contributed by atoms with Gasteiger partial charge in [-0.1, -0.05) is 24.3 Å². The highest BCUT2D eigenvalue weighted by atomic mass is 16.5. The molecule has 2 aromatic carbocycles. The number of Topliss-reactive ketones (excluding diaryl/α,β-unsaturated/α-hetero) is 1. The van der Waals surface area contributed by atoms with E-state index in [0.717, 1.165) is 33.7 Å². The number of aromatic nitrogens is 1. The highest BCUT2D eigenvalue weighted by Crippen LogP contribution is 2.29. The molecule has 1 aliphatic heterocycles.